The second-order valence-corrected chi connectivity index (χ2v) is 6.07. The molecule has 1 radical (unpaired) electrons. The van der Waals surface area contributed by atoms with Gasteiger partial charge in [-0.1, -0.05) is 32.0 Å². The number of para-hydroxylation sites is 1. The zero-order valence-electron chi connectivity index (χ0n) is 14.0. The molecule has 0 aliphatic rings. The maximum absolute atomic E-state index is 12.8. The summed E-state index contributed by atoms with van der Waals surface area (Å²) in [6.45, 7) is 3.54. The monoisotopic (exact) mass is 342 g/mol. The van der Waals surface area contributed by atoms with Gasteiger partial charge in [0.1, 0.15) is 11.9 Å². The Morgan fingerprint density at radius 2 is 1.92 bits per heavy atom. The molecule has 2 rings (SSSR count). The number of pyridine rings is 1. The number of carboxylic acids is 1. The van der Waals surface area contributed by atoms with Gasteiger partial charge in [0.2, 0.25) is 12.2 Å². The van der Waals surface area contributed by atoms with E-state index in [2.05, 4.69) is 4.98 Å². The van der Waals surface area contributed by atoms with Gasteiger partial charge in [0.05, 0.1) is 18.0 Å². The second-order valence-electron chi connectivity index (χ2n) is 6.07. The first-order chi connectivity index (χ1) is 11.8. The molecule has 2 aromatic rings. The Hall–Kier alpha value is -2.80. The molecule has 25 heavy (non-hydrogen) atoms. The van der Waals surface area contributed by atoms with Gasteiger partial charge in [0, 0.05) is 5.39 Å². The lowest BCUT2D eigenvalue weighted by Crippen LogP contribution is -2.52. The molecular formula is C18H20N3O4. The fraction of sp³-hybridized carbons (Fsp3) is 0.333. The summed E-state index contributed by atoms with van der Waals surface area (Å²) in [7, 11) is 0. The summed E-state index contributed by atoms with van der Waals surface area (Å²) in [5.74, 6) is -1.79. The van der Waals surface area contributed by atoms with Crippen molar-refractivity contribution in [1.29, 1.82) is 0 Å². The SMILES string of the molecule is CC(C)[C@H](N)C(=O)N(c1ccc2ccccc2n1)[C@H]([C]=O)CC(=O)O. The molecule has 0 spiro atoms. The highest BCUT2D eigenvalue weighted by Gasteiger charge is 2.33. The Morgan fingerprint density at radius 3 is 2.52 bits per heavy atom. The number of aliphatic carboxylic acids is 1. The number of rotatable bonds is 7. The summed E-state index contributed by atoms with van der Waals surface area (Å²) in [6, 6.07) is 8.40. The van der Waals surface area contributed by atoms with Crippen molar-refractivity contribution in [2.45, 2.75) is 32.4 Å². The summed E-state index contributed by atoms with van der Waals surface area (Å²) >= 11 is 0. The molecule has 0 fully saturated rings. The molecule has 1 heterocycles. The molecule has 0 saturated carbocycles. The maximum atomic E-state index is 12.8. The average molecular weight is 342 g/mol. The van der Waals surface area contributed by atoms with Crippen molar-refractivity contribution in [3.63, 3.8) is 0 Å². The van der Waals surface area contributed by atoms with Crippen LogP contribution in [0, 0.1) is 5.92 Å². The van der Waals surface area contributed by atoms with Gasteiger partial charge >= 0.3 is 5.97 Å². The number of anilines is 1. The zero-order chi connectivity index (χ0) is 18.6. The standard InChI is InChI=1S/C18H20N3O4/c1-11(2)17(19)18(25)21(13(10-22)9-16(23)24)15-8-7-12-5-3-4-6-14(12)20-15/h3-8,11,13,17H,9,19H2,1-2H3,(H,23,24)/t13-,17-/m0/s1. The van der Waals surface area contributed by atoms with Crippen molar-refractivity contribution in [3.8, 4) is 0 Å². The lowest BCUT2D eigenvalue weighted by molar-refractivity contribution is -0.137. The molecule has 7 heteroatoms. The quantitative estimate of drug-likeness (QED) is 0.788. The van der Waals surface area contributed by atoms with E-state index in [-0.39, 0.29) is 11.7 Å². The van der Waals surface area contributed by atoms with Crippen LogP contribution in [0.4, 0.5) is 5.82 Å². The van der Waals surface area contributed by atoms with E-state index in [9.17, 15) is 14.4 Å². The topological polar surface area (TPSA) is 114 Å². The van der Waals surface area contributed by atoms with Gasteiger partial charge in [-0.25, -0.2) is 4.98 Å². The predicted octanol–water partition coefficient (Wildman–Crippen LogP) is 1.50. The van der Waals surface area contributed by atoms with Gasteiger partial charge in [0.25, 0.3) is 0 Å². The number of aromatic nitrogens is 1. The van der Waals surface area contributed by atoms with Crippen LogP contribution in [0.5, 0.6) is 0 Å². The molecule has 0 aliphatic heterocycles. The Balaban J connectivity index is 2.52. The largest absolute Gasteiger partial charge is 0.481 e. The van der Waals surface area contributed by atoms with Crippen molar-refractivity contribution < 1.29 is 19.5 Å². The van der Waals surface area contributed by atoms with Crippen molar-refractivity contribution in [2.75, 3.05) is 4.90 Å². The van der Waals surface area contributed by atoms with Crippen molar-refractivity contribution in [1.82, 2.24) is 4.98 Å². The van der Waals surface area contributed by atoms with E-state index in [4.69, 9.17) is 10.8 Å². The van der Waals surface area contributed by atoms with Gasteiger partial charge in [0.15, 0.2) is 0 Å². The Kier molecular flexibility index (Phi) is 5.82. The number of carbonyl (C=O) groups is 2. The number of nitrogens with two attached hydrogens (primary N) is 1. The fourth-order valence-electron chi connectivity index (χ4n) is 2.41. The van der Waals surface area contributed by atoms with E-state index in [0.29, 0.717) is 5.52 Å². The Labute approximate surface area is 145 Å². The first kappa shape index (κ1) is 18.5. The van der Waals surface area contributed by atoms with E-state index >= 15 is 0 Å². The van der Waals surface area contributed by atoms with Gasteiger partial charge in [-0.3, -0.25) is 19.3 Å². The van der Waals surface area contributed by atoms with E-state index in [1.54, 1.807) is 44.4 Å². The van der Waals surface area contributed by atoms with E-state index in [0.717, 1.165) is 10.3 Å². The number of carbonyl (C=O) groups excluding carboxylic acids is 2. The van der Waals surface area contributed by atoms with Crippen LogP contribution >= 0.6 is 0 Å². The molecule has 0 bridgehead atoms. The summed E-state index contributed by atoms with van der Waals surface area (Å²) in [5.41, 5.74) is 6.56. The van der Waals surface area contributed by atoms with E-state index in [1.807, 2.05) is 12.1 Å². The highest BCUT2D eigenvalue weighted by atomic mass is 16.4. The number of hydrogen-bond acceptors (Lipinski definition) is 5. The van der Waals surface area contributed by atoms with Crippen LogP contribution in [0.3, 0.4) is 0 Å². The molecule has 1 amide bonds. The third kappa shape index (κ3) is 4.19. The number of amides is 1. The third-order valence-corrected chi connectivity index (χ3v) is 3.89. The van der Waals surface area contributed by atoms with Crippen LogP contribution in [0.2, 0.25) is 0 Å². The molecule has 0 saturated heterocycles. The van der Waals surface area contributed by atoms with Crippen LogP contribution in [-0.2, 0) is 14.4 Å². The van der Waals surface area contributed by atoms with Crippen molar-refractivity contribution >= 4 is 34.9 Å². The molecular weight excluding hydrogens is 322 g/mol. The molecule has 131 valence electrons. The third-order valence-electron chi connectivity index (χ3n) is 3.89. The Bertz CT molecular complexity index is 791. The van der Waals surface area contributed by atoms with E-state index < -0.39 is 30.4 Å². The van der Waals surface area contributed by atoms with Gasteiger partial charge in [-0.05, 0) is 24.1 Å². The predicted molar refractivity (Wildman–Crippen MR) is 93.8 cm³/mol. The Morgan fingerprint density at radius 1 is 1.24 bits per heavy atom. The minimum atomic E-state index is -1.30. The van der Waals surface area contributed by atoms with Gasteiger partial charge in [-0.2, -0.15) is 0 Å². The number of fused-ring (bicyclic) bond motifs is 1. The smallest absolute Gasteiger partial charge is 0.305 e. The molecule has 0 aliphatic carbocycles. The fourth-order valence-corrected chi connectivity index (χ4v) is 2.41. The normalized spacial score (nSPS) is 13.4. The molecule has 0 unspecified atom stereocenters. The van der Waals surface area contributed by atoms with Crippen LogP contribution in [-0.4, -0.2) is 40.3 Å². The molecule has 1 aromatic heterocycles. The summed E-state index contributed by atoms with van der Waals surface area (Å²) in [4.78, 5) is 40.7. The summed E-state index contributed by atoms with van der Waals surface area (Å²) < 4.78 is 0. The highest BCUT2D eigenvalue weighted by molar-refractivity contribution is 6.01. The van der Waals surface area contributed by atoms with E-state index in [1.165, 1.54) is 0 Å². The molecule has 7 nitrogen and oxygen atoms in total. The maximum Gasteiger partial charge on any atom is 0.305 e. The number of benzene rings is 1. The highest BCUT2D eigenvalue weighted by Crippen LogP contribution is 2.22. The molecule has 3 N–H and O–H groups in total. The van der Waals surface area contributed by atoms with Crippen molar-refractivity contribution in [2.24, 2.45) is 11.7 Å². The second kappa shape index (κ2) is 7.85. The zero-order valence-corrected chi connectivity index (χ0v) is 14.0. The summed E-state index contributed by atoms with van der Waals surface area (Å²) in [5, 5.41) is 9.90. The lowest BCUT2D eigenvalue weighted by Gasteiger charge is -2.29. The average Bonchev–Trinajstić information content (AvgIpc) is 2.59. The molecule has 1 aromatic carbocycles. The molecule has 2 atom stereocenters. The van der Waals surface area contributed by atoms with Crippen LogP contribution in [0.15, 0.2) is 36.4 Å². The first-order valence-electron chi connectivity index (χ1n) is 7.89. The lowest BCUT2D eigenvalue weighted by atomic mass is 10.0. The number of nitrogens with zero attached hydrogens (tertiary/aromatic N) is 2. The van der Waals surface area contributed by atoms with Crippen LogP contribution < -0.4 is 10.6 Å². The number of hydrogen-bond donors (Lipinski definition) is 2. The van der Waals surface area contributed by atoms with Gasteiger partial charge < -0.3 is 10.8 Å². The summed E-state index contributed by atoms with van der Waals surface area (Å²) in [6.07, 6.45) is 1.06. The first-order valence-corrected chi connectivity index (χ1v) is 7.89. The minimum Gasteiger partial charge on any atom is -0.481 e. The van der Waals surface area contributed by atoms with Crippen molar-refractivity contribution in [3.05, 3.63) is 36.4 Å². The minimum absolute atomic E-state index is 0.175. The number of carboxylic acid groups (broad SMARTS) is 1. The van der Waals surface area contributed by atoms with Gasteiger partial charge in [-0.15, -0.1) is 0 Å². The van der Waals surface area contributed by atoms with Crippen LogP contribution in [0.25, 0.3) is 10.9 Å². The van der Waals surface area contributed by atoms with Crippen LogP contribution in [0.1, 0.15) is 20.3 Å².